The Kier molecular flexibility index (Phi) is 6.61. The van der Waals surface area contributed by atoms with E-state index in [1.807, 2.05) is 0 Å². The van der Waals surface area contributed by atoms with Gasteiger partial charge in [0.1, 0.15) is 5.78 Å². The number of Topliss-reactive ketones (excluding diaryl/α,β-unsaturated/α-hetero) is 1. The van der Waals surface area contributed by atoms with Crippen molar-refractivity contribution in [3.63, 3.8) is 0 Å². The Morgan fingerprint density at radius 1 is 1.56 bits per heavy atom. The molecule has 4 heteroatoms. The average molecular weight is 230 g/mol. The van der Waals surface area contributed by atoms with Crippen LogP contribution in [0.1, 0.15) is 45.4 Å². The molecule has 94 valence electrons. The van der Waals surface area contributed by atoms with E-state index in [1.165, 1.54) is 6.92 Å². The van der Waals surface area contributed by atoms with E-state index in [4.69, 9.17) is 9.47 Å². The lowest BCUT2D eigenvalue weighted by Gasteiger charge is -2.22. The molecular formula is C12H22O4. The summed E-state index contributed by atoms with van der Waals surface area (Å²) >= 11 is 0. The van der Waals surface area contributed by atoms with Crippen molar-refractivity contribution < 1.29 is 19.4 Å². The molecule has 0 saturated carbocycles. The van der Waals surface area contributed by atoms with Gasteiger partial charge in [-0.15, -0.1) is 0 Å². The number of aliphatic hydroxyl groups is 1. The van der Waals surface area contributed by atoms with Gasteiger partial charge in [-0.05, 0) is 39.0 Å². The van der Waals surface area contributed by atoms with Gasteiger partial charge in [0.15, 0.2) is 6.29 Å². The minimum atomic E-state index is -0.520. The minimum Gasteiger partial charge on any atom is -0.393 e. The van der Waals surface area contributed by atoms with E-state index < -0.39 is 6.10 Å². The number of ether oxygens (including phenoxy) is 2. The predicted molar refractivity (Wildman–Crippen MR) is 60.1 cm³/mol. The van der Waals surface area contributed by atoms with Gasteiger partial charge >= 0.3 is 0 Å². The quantitative estimate of drug-likeness (QED) is 0.676. The SMILES string of the molecule is CC(=O)CC(O)CCCOC1CCCCO1. The Balaban J connectivity index is 1.96. The highest BCUT2D eigenvalue weighted by molar-refractivity contribution is 5.75. The summed E-state index contributed by atoms with van der Waals surface area (Å²) in [5.74, 6) is 0.0315. The average Bonchev–Trinajstić information content (AvgIpc) is 2.25. The lowest BCUT2D eigenvalue weighted by atomic mass is 10.1. The van der Waals surface area contributed by atoms with Crippen LogP contribution in [-0.2, 0) is 14.3 Å². The monoisotopic (exact) mass is 230 g/mol. The second kappa shape index (κ2) is 7.76. The fourth-order valence-corrected chi connectivity index (χ4v) is 1.81. The molecule has 1 aliphatic rings. The van der Waals surface area contributed by atoms with Gasteiger partial charge in [0, 0.05) is 19.6 Å². The van der Waals surface area contributed by atoms with Crippen molar-refractivity contribution in [1.29, 1.82) is 0 Å². The lowest BCUT2D eigenvalue weighted by molar-refractivity contribution is -0.163. The van der Waals surface area contributed by atoms with E-state index in [1.54, 1.807) is 0 Å². The highest BCUT2D eigenvalue weighted by Crippen LogP contribution is 2.14. The van der Waals surface area contributed by atoms with Crippen LogP contribution in [0.2, 0.25) is 0 Å². The van der Waals surface area contributed by atoms with Gasteiger partial charge in [0.25, 0.3) is 0 Å². The first-order chi connectivity index (χ1) is 7.68. The van der Waals surface area contributed by atoms with E-state index in [0.29, 0.717) is 13.0 Å². The fraction of sp³-hybridized carbons (Fsp3) is 0.917. The van der Waals surface area contributed by atoms with Crippen LogP contribution in [-0.4, -0.2) is 36.5 Å². The highest BCUT2D eigenvalue weighted by Gasteiger charge is 2.14. The van der Waals surface area contributed by atoms with Gasteiger partial charge in [-0.3, -0.25) is 4.79 Å². The zero-order chi connectivity index (χ0) is 11.8. The maximum atomic E-state index is 10.7. The molecule has 0 amide bonds. The summed E-state index contributed by atoms with van der Waals surface area (Å²) in [6, 6.07) is 0. The molecule has 0 aromatic heterocycles. The number of carbonyl (C=O) groups is 1. The summed E-state index contributed by atoms with van der Waals surface area (Å²) in [5, 5.41) is 9.45. The molecular weight excluding hydrogens is 208 g/mol. The predicted octanol–water partition coefficient (Wildman–Crippen LogP) is 1.65. The molecule has 1 heterocycles. The first-order valence-electron chi connectivity index (χ1n) is 6.09. The van der Waals surface area contributed by atoms with E-state index in [9.17, 15) is 9.90 Å². The maximum absolute atomic E-state index is 10.7. The molecule has 0 aliphatic carbocycles. The zero-order valence-electron chi connectivity index (χ0n) is 9.98. The standard InChI is InChI=1S/C12H22O4/c1-10(13)9-11(14)5-4-8-16-12-6-2-3-7-15-12/h11-12,14H,2-9H2,1H3. The van der Waals surface area contributed by atoms with Crippen LogP contribution < -0.4 is 0 Å². The molecule has 1 saturated heterocycles. The molecule has 16 heavy (non-hydrogen) atoms. The van der Waals surface area contributed by atoms with Crippen molar-refractivity contribution in [2.24, 2.45) is 0 Å². The summed E-state index contributed by atoms with van der Waals surface area (Å²) in [6.07, 6.45) is 4.32. The van der Waals surface area contributed by atoms with Crippen LogP contribution in [0.25, 0.3) is 0 Å². The number of carbonyl (C=O) groups excluding carboxylic acids is 1. The zero-order valence-corrected chi connectivity index (χ0v) is 9.98. The van der Waals surface area contributed by atoms with E-state index in [2.05, 4.69) is 0 Å². The van der Waals surface area contributed by atoms with Crippen LogP contribution in [0.15, 0.2) is 0 Å². The second-order valence-electron chi connectivity index (χ2n) is 4.37. The molecule has 0 spiro atoms. The maximum Gasteiger partial charge on any atom is 0.157 e. The summed E-state index contributed by atoms with van der Waals surface area (Å²) < 4.78 is 10.9. The Morgan fingerprint density at radius 3 is 3.00 bits per heavy atom. The first kappa shape index (κ1) is 13.6. The molecule has 0 aromatic carbocycles. The number of aliphatic hydroxyl groups excluding tert-OH is 1. The fourth-order valence-electron chi connectivity index (χ4n) is 1.81. The molecule has 4 nitrogen and oxygen atoms in total. The van der Waals surface area contributed by atoms with Crippen LogP contribution >= 0.6 is 0 Å². The molecule has 2 unspecified atom stereocenters. The largest absolute Gasteiger partial charge is 0.393 e. The number of hydrogen-bond acceptors (Lipinski definition) is 4. The third kappa shape index (κ3) is 6.20. The molecule has 0 aromatic rings. The second-order valence-corrected chi connectivity index (χ2v) is 4.37. The molecule has 1 fully saturated rings. The highest BCUT2D eigenvalue weighted by atomic mass is 16.7. The van der Waals surface area contributed by atoms with E-state index in [-0.39, 0.29) is 18.5 Å². The summed E-state index contributed by atoms with van der Waals surface area (Å²) in [4.78, 5) is 10.7. The summed E-state index contributed by atoms with van der Waals surface area (Å²) in [5.41, 5.74) is 0. The van der Waals surface area contributed by atoms with Crippen molar-refractivity contribution in [3.8, 4) is 0 Å². The minimum absolute atomic E-state index is 0.0315. The van der Waals surface area contributed by atoms with Crippen LogP contribution in [0, 0.1) is 0 Å². The smallest absolute Gasteiger partial charge is 0.157 e. The van der Waals surface area contributed by atoms with Crippen molar-refractivity contribution >= 4 is 5.78 Å². The van der Waals surface area contributed by atoms with Gasteiger partial charge in [0.2, 0.25) is 0 Å². The Labute approximate surface area is 96.9 Å². The Bertz CT molecular complexity index is 199. The van der Waals surface area contributed by atoms with E-state index in [0.717, 1.165) is 32.3 Å². The molecule has 2 atom stereocenters. The lowest BCUT2D eigenvalue weighted by Crippen LogP contribution is -2.23. The van der Waals surface area contributed by atoms with Gasteiger partial charge in [-0.2, -0.15) is 0 Å². The van der Waals surface area contributed by atoms with Crippen LogP contribution in [0.5, 0.6) is 0 Å². The van der Waals surface area contributed by atoms with Crippen LogP contribution in [0.4, 0.5) is 0 Å². The molecule has 0 bridgehead atoms. The van der Waals surface area contributed by atoms with Crippen molar-refractivity contribution in [1.82, 2.24) is 0 Å². The first-order valence-corrected chi connectivity index (χ1v) is 6.09. The van der Waals surface area contributed by atoms with Crippen molar-refractivity contribution in [3.05, 3.63) is 0 Å². The molecule has 1 rings (SSSR count). The summed E-state index contributed by atoms with van der Waals surface area (Å²) in [7, 11) is 0. The third-order valence-electron chi connectivity index (χ3n) is 2.65. The molecule has 1 aliphatic heterocycles. The number of ketones is 1. The third-order valence-corrected chi connectivity index (χ3v) is 2.65. The summed E-state index contributed by atoms with van der Waals surface area (Å²) in [6.45, 7) is 2.88. The number of rotatable bonds is 7. The molecule has 1 N–H and O–H groups in total. The van der Waals surface area contributed by atoms with Gasteiger partial charge in [0.05, 0.1) is 6.10 Å². The van der Waals surface area contributed by atoms with Crippen LogP contribution in [0.3, 0.4) is 0 Å². The van der Waals surface area contributed by atoms with E-state index >= 15 is 0 Å². The normalized spacial score (nSPS) is 23.0. The Morgan fingerprint density at radius 2 is 2.38 bits per heavy atom. The van der Waals surface area contributed by atoms with Crippen molar-refractivity contribution in [2.45, 2.75) is 57.8 Å². The van der Waals surface area contributed by atoms with Gasteiger partial charge in [-0.1, -0.05) is 0 Å². The number of hydrogen-bond donors (Lipinski definition) is 1. The molecule has 0 radical (unpaired) electrons. The Hall–Kier alpha value is -0.450. The topological polar surface area (TPSA) is 55.8 Å². The van der Waals surface area contributed by atoms with Gasteiger partial charge in [-0.25, -0.2) is 0 Å². The van der Waals surface area contributed by atoms with Gasteiger partial charge < -0.3 is 14.6 Å². The van der Waals surface area contributed by atoms with Crippen molar-refractivity contribution in [2.75, 3.05) is 13.2 Å².